The number of likely N-dealkylation sites (tertiary alicyclic amines) is 1. The summed E-state index contributed by atoms with van der Waals surface area (Å²) in [4.78, 5) is 38.5. The topological polar surface area (TPSA) is 105 Å². The number of nitrogens with zero attached hydrogens (tertiary/aromatic N) is 1. The first-order chi connectivity index (χ1) is 15.9. The molecule has 174 valence electrons. The lowest BCUT2D eigenvalue weighted by molar-refractivity contribution is -0.161. The summed E-state index contributed by atoms with van der Waals surface area (Å²) < 4.78 is 10.7. The van der Waals surface area contributed by atoms with Crippen LogP contribution in [0.1, 0.15) is 36.8 Å². The summed E-state index contributed by atoms with van der Waals surface area (Å²) in [6.07, 6.45) is -0.120. The van der Waals surface area contributed by atoms with Crippen LogP contribution >= 0.6 is 0 Å². The molecular weight excluding hydrogens is 424 g/mol. The fourth-order valence-corrected chi connectivity index (χ4v) is 4.74. The minimum Gasteiger partial charge on any atom is -0.479 e. The van der Waals surface area contributed by atoms with Gasteiger partial charge < -0.3 is 24.8 Å². The average molecular weight is 453 g/mol. The molecule has 8 heteroatoms. The first-order valence-electron chi connectivity index (χ1n) is 11.1. The molecule has 0 saturated carbocycles. The molecule has 1 saturated heterocycles. The van der Waals surface area contributed by atoms with E-state index in [0.717, 1.165) is 22.3 Å². The molecule has 0 bridgehead atoms. The largest absolute Gasteiger partial charge is 0.479 e. The molecule has 1 unspecified atom stereocenters. The van der Waals surface area contributed by atoms with Gasteiger partial charge in [0.2, 0.25) is 5.91 Å². The van der Waals surface area contributed by atoms with Crippen LogP contribution in [0.5, 0.6) is 0 Å². The van der Waals surface area contributed by atoms with Gasteiger partial charge in [-0.3, -0.25) is 4.79 Å². The molecule has 33 heavy (non-hydrogen) atoms. The smallest absolute Gasteiger partial charge is 0.407 e. The zero-order valence-corrected chi connectivity index (χ0v) is 18.7. The predicted molar refractivity (Wildman–Crippen MR) is 121 cm³/mol. The van der Waals surface area contributed by atoms with Crippen LogP contribution in [0.4, 0.5) is 4.79 Å². The van der Waals surface area contributed by atoms with Crippen molar-refractivity contribution in [3.8, 4) is 11.1 Å². The van der Waals surface area contributed by atoms with Crippen molar-refractivity contribution in [2.75, 3.05) is 26.8 Å². The Morgan fingerprint density at radius 1 is 1.12 bits per heavy atom. The number of carbonyl (C=O) groups is 3. The van der Waals surface area contributed by atoms with E-state index in [1.807, 2.05) is 36.4 Å². The predicted octanol–water partition coefficient (Wildman–Crippen LogP) is 3.01. The fraction of sp³-hybridized carbons (Fsp3) is 0.400. The Kier molecular flexibility index (Phi) is 6.37. The van der Waals surface area contributed by atoms with Gasteiger partial charge in [-0.25, -0.2) is 9.59 Å². The van der Waals surface area contributed by atoms with Crippen molar-refractivity contribution in [2.45, 2.75) is 37.3 Å². The first-order valence-corrected chi connectivity index (χ1v) is 11.1. The second-order valence-corrected chi connectivity index (χ2v) is 8.44. The summed E-state index contributed by atoms with van der Waals surface area (Å²) in [6.45, 7) is 2.13. The first kappa shape index (κ1) is 22.8. The number of fused-ring (bicyclic) bond motifs is 3. The Balaban J connectivity index is 1.39. The average Bonchev–Trinajstić information content (AvgIpc) is 3.42. The summed E-state index contributed by atoms with van der Waals surface area (Å²) in [7, 11) is 1.33. The summed E-state index contributed by atoms with van der Waals surface area (Å²) in [5, 5.41) is 12.1. The molecule has 2 aromatic carbocycles. The number of aliphatic carboxylic acids is 1. The van der Waals surface area contributed by atoms with Crippen LogP contribution in [0.3, 0.4) is 0 Å². The second-order valence-electron chi connectivity index (χ2n) is 8.44. The van der Waals surface area contributed by atoms with E-state index in [2.05, 4.69) is 17.4 Å². The Bertz CT molecular complexity index is 1020. The number of carbonyl (C=O) groups excluding carboxylic acids is 2. The molecule has 2 aromatic rings. The minimum absolute atomic E-state index is 0.0550. The lowest BCUT2D eigenvalue weighted by Crippen LogP contribution is -2.50. The summed E-state index contributed by atoms with van der Waals surface area (Å²) >= 11 is 0. The van der Waals surface area contributed by atoms with Crippen LogP contribution < -0.4 is 5.32 Å². The molecule has 1 aliphatic carbocycles. The molecule has 1 aliphatic heterocycles. The van der Waals surface area contributed by atoms with Crippen molar-refractivity contribution in [1.82, 2.24) is 10.2 Å². The van der Waals surface area contributed by atoms with Gasteiger partial charge in [-0.1, -0.05) is 55.5 Å². The zero-order valence-electron chi connectivity index (χ0n) is 18.7. The number of carboxylic acids is 1. The van der Waals surface area contributed by atoms with Crippen LogP contribution in [0.2, 0.25) is 0 Å². The monoisotopic (exact) mass is 452 g/mol. The van der Waals surface area contributed by atoms with E-state index in [4.69, 9.17) is 9.47 Å². The van der Waals surface area contributed by atoms with Crippen molar-refractivity contribution in [3.63, 3.8) is 0 Å². The molecule has 2 aliphatic rings. The number of benzene rings is 2. The number of hydrogen-bond acceptors (Lipinski definition) is 5. The zero-order chi connectivity index (χ0) is 23.6. The molecular formula is C25H28N2O6. The number of nitrogens with one attached hydrogen (secondary N) is 1. The van der Waals surface area contributed by atoms with Crippen molar-refractivity contribution in [2.24, 2.45) is 0 Å². The van der Waals surface area contributed by atoms with Gasteiger partial charge in [-0.05, 0) is 28.7 Å². The fourth-order valence-electron chi connectivity index (χ4n) is 4.74. The quantitative estimate of drug-likeness (QED) is 0.669. The minimum atomic E-state index is -1.41. The maximum Gasteiger partial charge on any atom is 0.407 e. The van der Waals surface area contributed by atoms with Crippen molar-refractivity contribution < 1.29 is 29.0 Å². The summed E-state index contributed by atoms with van der Waals surface area (Å²) in [5.74, 6) is -1.51. The van der Waals surface area contributed by atoms with Gasteiger partial charge in [0, 0.05) is 26.0 Å². The molecule has 2 N–H and O–H groups in total. The number of amides is 2. The van der Waals surface area contributed by atoms with E-state index in [1.54, 1.807) is 6.92 Å². The van der Waals surface area contributed by atoms with Gasteiger partial charge in [0.1, 0.15) is 12.6 Å². The van der Waals surface area contributed by atoms with Crippen molar-refractivity contribution in [1.29, 1.82) is 0 Å². The van der Waals surface area contributed by atoms with E-state index in [1.165, 1.54) is 12.0 Å². The van der Waals surface area contributed by atoms with Gasteiger partial charge in [0.25, 0.3) is 0 Å². The van der Waals surface area contributed by atoms with Crippen molar-refractivity contribution in [3.05, 3.63) is 59.7 Å². The van der Waals surface area contributed by atoms with Crippen LogP contribution in [0.15, 0.2) is 48.5 Å². The van der Waals surface area contributed by atoms with Crippen LogP contribution in [-0.4, -0.2) is 66.4 Å². The molecule has 4 rings (SSSR count). The number of hydrogen-bond donors (Lipinski definition) is 2. The number of methoxy groups -OCH3 is 1. The van der Waals surface area contributed by atoms with Crippen LogP contribution in [-0.2, 0) is 19.1 Å². The Labute approximate surface area is 192 Å². The molecule has 0 spiro atoms. The molecule has 2 amide bonds. The highest BCUT2D eigenvalue weighted by molar-refractivity contribution is 5.88. The Hall–Kier alpha value is -3.39. The third kappa shape index (κ3) is 4.18. The normalized spacial score (nSPS) is 20.1. The van der Waals surface area contributed by atoms with Crippen LogP contribution in [0, 0.1) is 0 Å². The second kappa shape index (κ2) is 9.23. The van der Waals surface area contributed by atoms with Gasteiger partial charge in [-0.2, -0.15) is 0 Å². The third-order valence-electron chi connectivity index (χ3n) is 6.67. The Morgan fingerprint density at radius 2 is 1.73 bits per heavy atom. The summed E-state index contributed by atoms with van der Waals surface area (Å²) in [5.41, 5.74) is 3.08. The summed E-state index contributed by atoms with van der Waals surface area (Å²) in [6, 6.07) is 15.3. The number of alkyl carbamates (subject to hydrolysis) is 1. The Morgan fingerprint density at radius 3 is 2.24 bits per heavy atom. The maximum atomic E-state index is 12.9. The highest BCUT2D eigenvalue weighted by Gasteiger charge is 2.47. The standard InChI is InChI=1S/C25H28N2O6/c1-3-21(22(28)27-13-12-25(15-27,32-2)23(29)30)26-24(31)33-14-20-18-10-6-4-8-16(18)17-9-5-7-11-19(17)20/h4-11,20-21H,3,12-15H2,1-2H3,(H,26,31)(H,29,30)/t21-,25?/m1/s1. The van der Waals surface area contributed by atoms with E-state index in [0.29, 0.717) is 6.42 Å². The highest BCUT2D eigenvalue weighted by Crippen LogP contribution is 2.44. The van der Waals surface area contributed by atoms with Crippen LogP contribution in [0.25, 0.3) is 11.1 Å². The third-order valence-corrected chi connectivity index (χ3v) is 6.67. The van der Waals surface area contributed by atoms with E-state index < -0.39 is 23.7 Å². The van der Waals surface area contributed by atoms with E-state index in [9.17, 15) is 19.5 Å². The molecule has 1 fully saturated rings. The number of carboxylic acid groups (broad SMARTS) is 1. The molecule has 8 nitrogen and oxygen atoms in total. The van der Waals surface area contributed by atoms with Crippen molar-refractivity contribution >= 4 is 18.0 Å². The lowest BCUT2D eigenvalue weighted by Gasteiger charge is -2.26. The van der Waals surface area contributed by atoms with E-state index in [-0.39, 0.29) is 37.9 Å². The molecule has 0 radical (unpaired) electrons. The molecule has 0 aromatic heterocycles. The highest BCUT2D eigenvalue weighted by atomic mass is 16.5. The SMILES string of the molecule is CC[C@@H](NC(=O)OCC1c2ccccc2-c2ccccc21)C(=O)N1CCC(OC)(C(=O)O)C1. The van der Waals surface area contributed by atoms with E-state index >= 15 is 0 Å². The maximum absolute atomic E-state index is 12.9. The van der Waals surface area contributed by atoms with Gasteiger partial charge in [0.05, 0.1) is 6.54 Å². The number of ether oxygens (including phenoxy) is 2. The molecule has 2 atom stereocenters. The lowest BCUT2D eigenvalue weighted by atomic mass is 9.98. The van der Waals surface area contributed by atoms with Gasteiger partial charge >= 0.3 is 12.1 Å². The molecule has 1 heterocycles. The number of rotatable bonds is 7. The van der Waals surface area contributed by atoms with Gasteiger partial charge in [0.15, 0.2) is 5.60 Å². The van der Waals surface area contributed by atoms with Gasteiger partial charge in [-0.15, -0.1) is 0 Å².